The first-order chi connectivity index (χ1) is 13.1. The Labute approximate surface area is 161 Å². The van der Waals surface area contributed by atoms with Crippen LogP contribution in [0.1, 0.15) is 15.2 Å². The first kappa shape index (κ1) is 18.4. The summed E-state index contributed by atoms with van der Waals surface area (Å²) in [6.07, 6.45) is 3.18. The van der Waals surface area contributed by atoms with Crippen LogP contribution in [0.4, 0.5) is 11.4 Å². The van der Waals surface area contributed by atoms with E-state index in [2.05, 4.69) is 10.6 Å². The Morgan fingerprint density at radius 2 is 1.70 bits per heavy atom. The lowest BCUT2D eigenvalue weighted by Gasteiger charge is -2.07. The lowest BCUT2D eigenvalue weighted by atomic mass is 10.2. The predicted molar refractivity (Wildman–Crippen MR) is 109 cm³/mol. The van der Waals surface area contributed by atoms with E-state index < -0.39 is 0 Å². The quantitative estimate of drug-likeness (QED) is 0.613. The van der Waals surface area contributed by atoms with Crippen LogP contribution in [-0.2, 0) is 4.79 Å². The molecule has 27 heavy (non-hydrogen) atoms. The highest BCUT2D eigenvalue weighted by molar-refractivity contribution is 7.12. The molecule has 3 rings (SSSR count). The summed E-state index contributed by atoms with van der Waals surface area (Å²) in [6, 6.07) is 18.0. The van der Waals surface area contributed by atoms with Crippen molar-refractivity contribution < 1.29 is 14.3 Å². The third-order valence-electron chi connectivity index (χ3n) is 3.68. The summed E-state index contributed by atoms with van der Waals surface area (Å²) < 4.78 is 5.10. The number of hydrogen-bond acceptors (Lipinski definition) is 4. The van der Waals surface area contributed by atoms with Crippen LogP contribution in [0, 0.1) is 0 Å². The van der Waals surface area contributed by atoms with E-state index in [1.54, 1.807) is 43.5 Å². The number of amides is 2. The lowest BCUT2D eigenvalue weighted by Crippen LogP contribution is -2.11. The summed E-state index contributed by atoms with van der Waals surface area (Å²) in [7, 11) is 1.61. The van der Waals surface area contributed by atoms with Gasteiger partial charge in [0.1, 0.15) is 5.75 Å². The van der Waals surface area contributed by atoms with Gasteiger partial charge in [-0.25, -0.2) is 0 Å². The van der Waals surface area contributed by atoms with E-state index in [1.807, 2.05) is 35.7 Å². The molecule has 0 saturated heterocycles. The number of anilines is 2. The van der Waals surface area contributed by atoms with Crippen molar-refractivity contribution in [2.75, 3.05) is 17.7 Å². The Kier molecular flexibility index (Phi) is 6.02. The molecule has 0 atom stereocenters. The molecular weight excluding hydrogens is 360 g/mol. The smallest absolute Gasteiger partial charge is 0.265 e. The molecule has 2 N–H and O–H groups in total. The van der Waals surface area contributed by atoms with Crippen LogP contribution in [0.25, 0.3) is 6.08 Å². The van der Waals surface area contributed by atoms with Gasteiger partial charge in [0.2, 0.25) is 5.91 Å². The largest absolute Gasteiger partial charge is 0.497 e. The average Bonchev–Trinajstić information content (AvgIpc) is 3.22. The lowest BCUT2D eigenvalue weighted by molar-refractivity contribution is -0.111. The van der Waals surface area contributed by atoms with Crippen molar-refractivity contribution in [3.05, 3.63) is 82.6 Å². The molecule has 136 valence electrons. The number of nitrogens with one attached hydrogen (secondary N) is 2. The highest BCUT2D eigenvalue weighted by Crippen LogP contribution is 2.18. The molecular formula is C21H18N2O3S. The van der Waals surface area contributed by atoms with Gasteiger partial charge in [-0.05, 0) is 53.4 Å². The molecule has 0 fully saturated rings. The van der Waals surface area contributed by atoms with E-state index >= 15 is 0 Å². The van der Waals surface area contributed by atoms with Crippen molar-refractivity contribution in [1.82, 2.24) is 0 Å². The minimum absolute atomic E-state index is 0.173. The van der Waals surface area contributed by atoms with Gasteiger partial charge in [0, 0.05) is 17.5 Å². The summed E-state index contributed by atoms with van der Waals surface area (Å²) in [5.74, 6) is 0.332. The topological polar surface area (TPSA) is 67.4 Å². The zero-order valence-corrected chi connectivity index (χ0v) is 15.5. The second kappa shape index (κ2) is 8.82. The van der Waals surface area contributed by atoms with E-state index in [-0.39, 0.29) is 11.8 Å². The molecule has 0 unspecified atom stereocenters. The third-order valence-corrected chi connectivity index (χ3v) is 4.54. The first-order valence-corrected chi connectivity index (χ1v) is 9.10. The summed E-state index contributed by atoms with van der Waals surface area (Å²) in [5.41, 5.74) is 2.11. The van der Waals surface area contributed by atoms with E-state index in [1.165, 1.54) is 17.4 Å². The molecule has 1 heterocycles. The van der Waals surface area contributed by atoms with E-state index in [4.69, 9.17) is 4.74 Å². The highest BCUT2D eigenvalue weighted by Gasteiger charge is 2.07. The Morgan fingerprint density at radius 3 is 2.37 bits per heavy atom. The number of ether oxygens (including phenoxy) is 1. The first-order valence-electron chi connectivity index (χ1n) is 8.22. The van der Waals surface area contributed by atoms with Gasteiger partial charge in [-0.1, -0.05) is 24.3 Å². The maximum Gasteiger partial charge on any atom is 0.265 e. The van der Waals surface area contributed by atoms with Crippen LogP contribution in [0.15, 0.2) is 72.1 Å². The van der Waals surface area contributed by atoms with Crippen molar-refractivity contribution in [1.29, 1.82) is 0 Å². The van der Waals surface area contributed by atoms with Crippen LogP contribution in [0.2, 0.25) is 0 Å². The van der Waals surface area contributed by atoms with Gasteiger partial charge in [0.25, 0.3) is 5.91 Å². The zero-order valence-electron chi connectivity index (χ0n) is 14.6. The normalized spacial score (nSPS) is 10.6. The van der Waals surface area contributed by atoms with Gasteiger partial charge in [-0.2, -0.15) is 0 Å². The van der Waals surface area contributed by atoms with Crippen LogP contribution in [0.5, 0.6) is 5.75 Å². The molecule has 0 spiro atoms. The fraction of sp³-hybridized carbons (Fsp3) is 0.0476. The predicted octanol–water partition coefficient (Wildman–Crippen LogP) is 4.66. The molecule has 2 aromatic carbocycles. The van der Waals surface area contributed by atoms with Crippen LogP contribution in [0.3, 0.4) is 0 Å². The van der Waals surface area contributed by atoms with Crippen molar-refractivity contribution in [3.63, 3.8) is 0 Å². The average molecular weight is 378 g/mol. The van der Waals surface area contributed by atoms with Crippen LogP contribution < -0.4 is 15.4 Å². The number of rotatable bonds is 6. The zero-order chi connectivity index (χ0) is 19.1. The van der Waals surface area contributed by atoms with Gasteiger partial charge >= 0.3 is 0 Å². The van der Waals surface area contributed by atoms with Gasteiger partial charge < -0.3 is 15.4 Å². The van der Waals surface area contributed by atoms with Gasteiger partial charge in [-0.3, -0.25) is 9.59 Å². The Bertz CT molecular complexity index is 948. The Balaban J connectivity index is 1.60. The molecule has 6 heteroatoms. The number of carbonyl (C=O) groups is 2. The van der Waals surface area contributed by atoms with Crippen molar-refractivity contribution in [2.24, 2.45) is 0 Å². The van der Waals surface area contributed by atoms with Gasteiger partial charge in [-0.15, -0.1) is 11.3 Å². The molecule has 5 nitrogen and oxygen atoms in total. The molecule has 0 aliphatic heterocycles. The van der Waals surface area contributed by atoms with Crippen LogP contribution in [-0.4, -0.2) is 18.9 Å². The number of hydrogen-bond donors (Lipinski definition) is 2. The summed E-state index contributed by atoms with van der Waals surface area (Å²) in [4.78, 5) is 24.9. The van der Waals surface area contributed by atoms with Gasteiger partial charge in [0.15, 0.2) is 0 Å². The SMILES string of the molecule is COc1ccc(C=CC(=O)Nc2cccc(NC(=O)c3cccs3)c2)cc1. The molecule has 0 radical (unpaired) electrons. The molecule has 3 aromatic rings. The van der Waals surface area contributed by atoms with Crippen molar-refractivity contribution >= 4 is 40.6 Å². The Morgan fingerprint density at radius 1 is 0.963 bits per heavy atom. The fourth-order valence-corrected chi connectivity index (χ4v) is 2.96. The molecule has 0 aliphatic carbocycles. The maximum absolute atomic E-state index is 12.1. The summed E-state index contributed by atoms with van der Waals surface area (Å²) >= 11 is 1.37. The minimum atomic E-state index is -0.257. The molecule has 0 bridgehead atoms. The standard InChI is InChI=1S/C21H18N2O3S/c1-26-18-10-7-15(8-11-18)9-12-20(24)22-16-4-2-5-17(14-16)23-21(25)19-6-3-13-27-19/h2-14H,1H3,(H,22,24)(H,23,25). The molecule has 2 amide bonds. The highest BCUT2D eigenvalue weighted by atomic mass is 32.1. The fourth-order valence-electron chi connectivity index (χ4n) is 2.35. The maximum atomic E-state index is 12.1. The second-order valence-corrected chi connectivity index (χ2v) is 6.56. The molecule has 1 aromatic heterocycles. The number of carbonyl (C=O) groups excluding carboxylic acids is 2. The number of benzene rings is 2. The van der Waals surface area contributed by atoms with E-state index in [9.17, 15) is 9.59 Å². The monoisotopic (exact) mass is 378 g/mol. The van der Waals surface area contributed by atoms with Crippen LogP contribution >= 0.6 is 11.3 Å². The second-order valence-electron chi connectivity index (χ2n) is 5.61. The summed E-state index contributed by atoms with van der Waals surface area (Å²) in [5, 5.41) is 7.45. The Hall–Kier alpha value is -3.38. The van der Waals surface area contributed by atoms with Crippen molar-refractivity contribution in [2.45, 2.75) is 0 Å². The molecule has 0 aliphatic rings. The van der Waals surface area contributed by atoms with Gasteiger partial charge in [0.05, 0.1) is 12.0 Å². The molecule has 0 saturated carbocycles. The van der Waals surface area contributed by atoms with E-state index in [0.29, 0.717) is 16.3 Å². The minimum Gasteiger partial charge on any atom is -0.497 e. The number of methoxy groups -OCH3 is 1. The summed E-state index contributed by atoms with van der Waals surface area (Å²) in [6.45, 7) is 0. The van der Waals surface area contributed by atoms with Crippen molar-refractivity contribution in [3.8, 4) is 5.75 Å². The van der Waals surface area contributed by atoms with E-state index in [0.717, 1.165) is 11.3 Å². The third kappa shape index (κ3) is 5.29. The number of thiophene rings is 1.